The summed E-state index contributed by atoms with van der Waals surface area (Å²) in [5, 5.41) is 13.8. The van der Waals surface area contributed by atoms with Gasteiger partial charge in [0.1, 0.15) is 0 Å². The van der Waals surface area contributed by atoms with Crippen molar-refractivity contribution < 1.29 is 14.6 Å². The molecule has 1 aliphatic heterocycles. The predicted octanol–water partition coefficient (Wildman–Crippen LogP) is 3.01. The van der Waals surface area contributed by atoms with E-state index in [-0.39, 0.29) is 6.79 Å². The van der Waals surface area contributed by atoms with Gasteiger partial charge in [-0.3, -0.25) is 0 Å². The van der Waals surface area contributed by atoms with E-state index in [1.54, 1.807) is 0 Å². The molecule has 0 spiro atoms. The van der Waals surface area contributed by atoms with E-state index in [1.165, 1.54) is 32.1 Å². The number of aliphatic hydroxyl groups is 1. The highest BCUT2D eigenvalue weighted by Gasteiger charge is 2.21. The fraction of sp³-hybridized carbons (Fsp3) is 0.647. The molecule has 1 saturated carbocycles. The number of benzene rings is 1. The van der Waals surface area contributed by atoms with Gasteiger partial charge in [-0.1, -0.05) is 25.3 Å². The van der Waals surface area contributed by atoms with Crippen molar-refractivity contribution in [3.8, 4) is 11.5 Å². The first-order valence-electron chi connectivity index (χ1n) is 8.05. The Labute approximate surface area is 126 Å². The topological polar surface area (TPSA) is 50.7 Å². The van der Waals surface area contributed by atoms with E-state index >= 15 is 0 Å². The Hall–Kier alpha value is -1.26. The van der Waals surface area contributed by atoms with Gasteiger partial charge in [-0.2, -0.15) is 0 Å². The average molecular weight is 291 g/mol. The lowest BCUT2D eigenvalue weighted by molar-refractivity contribution is 0.160. The van der Waals surface area contributed by atoms with E-state index in [2.05, 4.69) is 12.2 Å². The molecule has 0 saturated heterocycles. The molecule has 2 N–H and O–H groups in total. The fourth-order valence-electron chi connectivity index (χ4n) is 3.34. The van der Waals surface area contributed by atoms with Crippen LogP contribution in [0.1, 0.15) is 50.7 Å². The number of hydrogen-bond donors (Lipinski definition) is 2. The monoisotopic (exact) mass is 291 g/mol. The molecule has 1 aromatic rings. The fourth-order valence-corrected chi connectivity index (χ4v) is 3.34. The Morgan fingerprint density at radius 3 is 2.76 bits per heavy atom. The molecule has 3 rings (SSSR count). The Kier molecular flexibility index (Phi) is 4.66. The van der Waals surface area contributed by atoms with E-state index in [4.69, 9.17) is 9.47 Å². The SMILES string of the molecule is C[C@@H](NCC(O)c1ccc2c(c1)OCO2)C1CCCCC1. The summed E-state index contributed by atoms with van der Waals surface area (Å²) in [7, 11) is 0. The summed E-state index contributed by atoms with van der Waals surface area (Å²) in [5.74, 6) is 2.24. The molecule has 0 amide bonds. The molecule has 1 heterocycles. The summed E-state index contributed by atoms with van der Waals surface area (Å²) in [4.78, 5) is 0. The Morgan fingerprint density at radius 2 is 1.95 bits per heavy atom. The van der Waals surface area contributed by atoms with Crippen LogP contribution in [0, 0.1) is 5.92 Å². The van der Waals surface area contributed by atoms with Crippen LogP contribution in [0.15, 0.2) is 18.2 Å². The third kappa shape index (κ3) is 3.50. The Morgan fingerprint density at radius 1 is 1.19 bits per heavy atom. The summed E-state index contributed by atoms with van der Waals surface area (Å²) >= 11 is 0. The van der Waals surface area contributed by atoms with Gasteiger partial charge in [0.05, 0.1) is 6.10 Å². The quantitative estimate of drug-likeness (QED) is 0.875. The number of nitrogens with one attached hydrogen (secondary N) is 1. The number of hydrogen-bond acceptors (Lipinski definition) is 4. The molecule has 2 atom stereocenters. The minimum Gasteiger partial charge on any atom is -0.454 e. The van der Waals surface area contributed by atoms with E-state index in [0.29, 0.717) is 12.6 Å². The molecule has 1 fully saturated rings. The van der Waals surface area contributed by atoms with Gasteiger partial charge in [-0.25, -0.2) is 0 Å². The molecule has 4 heteroatoms. The molecule has 0 bridgehead atoms. The van der Waals surface area contributed by atoms with E-state index < -0.39 is 6.10 Å². The summed E-state index contributed by atoms with van der Waals surface area (Å²) in [6, 6.07) is 6.12. The van der Waals surface area contributed by atoms with Crippen molar-refractivity contribution in [2.45, 2.75) is 51.2 Å². The predicted molar refractivity (Wildman–Crippen MR) is 81.6 cm³/mol. The van der Waals surface area contributed by atoms with Crippen molar-refractivity contribution in [2.24, 2.45) is 5.92 Å². The second-order valence-electron chi connectivity index (χ2n) is 6.22. The second-order valence-corrected chi connectivity index (χ2v) is 6.22. The van der Waals surface area contributed by atoms with Crippen LogP contribution in [-0.2, 0) is 0 Å². The molecule has 0 aromatic heterocycles. The lowest BCUT2D eigenvalue weighted by atomic mass is 9.84. The minimum atomic E-state index is -0.509. The van der Waals surface area contributed by atoms with Crippen molar-refractivity contribution in [3.05, 3.63) is 23.8 Å². The molecular weight excluding hydrogens is 266 g/mol. The van der Waals surface area contributed by atoms with Crippen LogP contribution >= 0.6 is 0 Å². The zero-order valence-corrected chi connectivity index (χ0v) is 12.7. The molecule has 2 aliphatic rings. The highest BCUT2D eigenvalue weighted by atomic mass is 16.7. The maximum Gasteiger partial charge on any atom is 0.231 e. The zero-order valence-electron chi connectivity index (χ0n) is 12.7. The summed E-state index contributed by atoms with van der Waals surface area (Å²) < 4.78 is 10.6. The highest BCUT2D eigenvalue weighted by Crippen LogP contribution is 2.34. The van der Waals surface area contributed by atoms with Crippen LogP contribution in [-0.4, -0.2) is 24.5 Å². The van der Waals surface area contributed by atoms with Crippen molar-refractivity contribution >= 4 is 0 Å². The Balaban J connectivity index is 1.52. The number of rotatable bonds is 5. The molecule has 4 nitrogen and oxygen atoms in total. The van der Waals surface area contributed by atoms with Crippen molar-refractivity contribution in [1.29, 1.82) is 0 Å². The van der Waals surface area contributed by atoms with E-state index in [9.17, 15) is 5.11 Å². The minimum absolute atomic E-state index is 0.270. The lowest BCUT2D eigenvalue weighted by Crippen LogP contribution is -2.37. The summed E-state index contributed by atoms with van der Waals surface area (Å²) in [5.41, 5.74) is 0.877. The molecule has 1 aliphatic carbocycles. The zero-order chi connectivity index (χ0) is 14.7. The van der Waals surface area contributed by atoms with Crippen molar-refractivity contribution in [2.75, 3.05) is 13.3 Å². The Bertz CT molecular complexity index is 471. The van der Waals surface area contributed by atoms with Crippen LogP contribution in [0.2, 0.25) is 0 Å². The summed E-state index contributed by atoms with van der Waals surface area (Å²) in [6.07, 6.45) is 6.19. The molecule has 21 heavy (non-hydrogen) atoms. The average Bonchev–Trinajstić information content (AvgIpc) is 3.00. The van der Waals surface area contributed by atoms with Gasteiger partial charge in [0.2, 0.25) is 6.79 Å². The maximum atomic E-state index is 10.3. The van der Waals surface area contributed by atoms with Gasteiger partial charge in [-0.05, 0) is 43.4 Å². The first-order chi connectivity index (χ1) is 10.2. The van der Waals surface area contributed by atoms with Crippen LogP contribution in [0.3, 0.4) is 0 Å². The van der Waals surface area contributed by atoms with Crippen LogP contribution in [0.5, 0.6) is 11.5 Å². The smallest absolute Gasteiger partial charge is 0.231 e. The number of fused-ring (bicyclic) bond motifs is 1. The standard InChI is InChI=1S/C17H25NO3/c1-12(13-5-3-2-4-6-13)18-10-15(19)14-7-8-16-17(9-14)21-11-20-16/h7-9,12-13,15,18-19H,2-6,10-11H2,1H3/t12-,15?/m1/s1. The first-order valence-corrected chi connectivity index (χ1v) is 8.05. The third-order valence-corrected chi connectivity index (χ3v) is 4.77. The second kappa shape index (κ2) is 6.67. The van der Waals surface area contributed by atoms with Crippen LogP contribution in [0.4, 0.5) is 0 Å². The van der Waals surface area contributed by atoms with E-state index in [1.807, 2.05) is 18.2 Å². The van der Waals surface area contributed by atoms with Gasteiger partial charge >= 0.3 is 0 Å². The highest BCUT2D eigenvalue weighted by molar-refractivity contribution is 5.45. The summed E-state index contributed by atoms with van der Waals surface area (Å²) in [6.45, 7) is 3.09. The lowest BCUT2D eigenvalue weighted by Gasteiger charge is -2.29. The van der Waals surface area contributed by atoms with Crippen molar-refractivity contribution in [3.63, 3.8) is 0 Å². The van der Waals surface area contributed by atoms with Crippen molar-refractivity contribution in [1.82, 2.24) is 5.32 Å². The molecule has 0 radical (unpaired) electrons. The van der Waals surface area contributed by atoms with Gasteiger partial charge < -0.3 is 19.9 Å². The van der Waals surface area contributed by atoms with Gasteiger partial charge in [-0.15, -0.1) is 0 Å². The van der Waals surface area contributed by atoms with Crippen LogP contribution in [0.25, 0.3) is 0 Å². The van der Waals surface area contributed by atoms with Gasteiger partial charge in [0.25, 0.3) is 0 Å². The molecular formula is C17H25NO3. The van der Waals surface area contributed by atoms with Crippen LogP contribution < -0.4 is 14.8 Å². The maximum absolute atomic E-state index is 10.3. The molecule has 116 valence electrons. The third-order valence-electron chi connectivity index (χ3n) is 4.77. The number of ether oxygens (including phenoxy) is 2. The number of aliphatic hydroxyl groups excluding tert-OH is 1. The molecule has 1 aromatic carbocycles. The molecule has 1 unspecified atom stereocenters. The van der Waals surface area contributed by atoms with Gasteiger partial charge in [0.15, 0.2) is 11.5 Å². The largest absolute Gasteiger partial charge is 0.454 e. The van der Waals surface area contributed by atoms with E-state index in [0.717, 1.165) is 23.0 Å². The normalized spacial score (nSPS) is 21.2. The first kappa shape index (κ1) is 14.7. The van der Waals surface area contributed by atoms with Gasteiger partial charge in [0, 0.05) is 12.6 Å².